The van der Waals surface area contributed by atoms with Crippen molar-refractivity contribution in [1.82, 2.24) is 5.32 Å². The third-order valence-corrected chi connectivity index (χ3v) is 5.78. The first-order chi connectivity index (χ1) is 15.8. The number of nitrogens with one attached hydrogen (secondary N) is 1. The number of alkyl carbamates (subject to hydrolysis) is 1. The largest absolute Gasteiger partial charge is 0.468 e. The van der Waals surface area contributed by atoms with Crippen LogP contribution in [-0.2, 0) is 35.0 Å². The molecule has 1 N–H and O–H groups in total. The summed E-state index contributed by atoms with van der Waals surface area (Å²) in [4.78, 5) is 46.9. The van der Waals surface area contributed by atoms with E-state index in [1.807, 2.05) is 0 Å². The van der Waals surface area contributed by atoms with Crippen molar-refractivity contribution >= 4 is 23.7 Å². The molecule has 1 aromatic rings. The third-order valence-electron chi connectivity index (χ3n) is 5.78. The first kappa shape index (κ1) is 24.2. The third kappa shape index (κ3) is 5.67. The predicted molar refractivity (Wildman–Crippen MR) is 113 cm³/mol. The lowest BCUT2D eigenvalue weighted by molar-refractivity contribution is -0.384. The number of amides is 1. The Morgan fingerprint density at radius 2 is 1.91 bits per heavy atom. The molecule has 1 saturated heterocycles. The normalized spacial score (nSPS) is 25.6. The maximum Gasteiger partial charge on any atom is 0.407 e. The quantitative estimate of drug-likeness (QED) is 0.153. The fourth-order valence-electron chi connectivity index (χ4n) is 4.07. The Morgan fingerprint density at radius 1 is 1.18 bits per heavy atom. The predicted octanol–water partition coefficient (Wildman–Crippen LogP) is 2.07. The van der Waals surface area contributed by atoms with Crippen LogP contribution in [0.25, 0.3) is 0 Å². The highest BCUT2D eigenvalue weighted by atomic mass is 16.6. The summed E-state index contributed by atoms with van der Waals surface area (Å²) >= 11 is 0. The van der Waals surface area contributed by atoms with E-state index >= 15 is 0 Å². The van der Waals surface area contributed by atoms with Gasteiger partial charge >= 0.3 is 18.0 Å². The van der Waals surface area contributed by atoms with Gasteiger partial charge in [-0.1, -0.05) is 18.2 Å². The second-order valence-electron chi connectivity index (χ2n) is 7.93. The van der Waals surface area contributed by atoms with Crippen LogP contribution in [0.1, 0.15) is 24.8 Å². The smallest absolute Gasteiger partial charge is 0.407 e. The van der Waals surface area contributed by atoms with Crippen molar-refractivity contribution in [3.05, 3.63) is 52.1 Å². The molecule has 11 heteroatoms. The van der Waals surface area contributed by atoms with Crippen molar-refractivity contribution in [2.75, 3.05) is 20.8 Å². The maximum atomic E-state index is 12.4. The molecule has 33 heavy (non-hydrogen) atoms. The van der Waals surface area contributed by atoms with E-state index in [0.717, 1.165) is 5.56 Å². The lowest BCUT2D eigenvalue weighted by Crippen LogP contribution is -2.54. The summed E-state index contributed by atoms with van der Waals surface area (Å²) in [7, 11) is 2.50. The molecule has 1 heterocycles. The van der Waals surface area contributed by atoms with E-state index in [-0.39, 0.29) is 18.5 Å². The van der Waals surface area contributed by atoms with Crippen LogP contribution in [0.3, 0.4) is 0 Å². The number of nitro groups is 1. The number of carbonyl (C=O) groups excluding carboxylic acids is 3. The van der Waals surface area contributed by atoms with Gasteiger partial charge in [-0.3, -0.25) is 14.9 Å². The van der Waals surface area contributed by atoms with Gasteiger partial charge in [-0.15, -0.1) is 0 Å². The van der Waals surface area contributed by atoms with Crippen LogP contribution in [0.4, 0.5) is 10.5 Å². The lowest BCUT2D eigenvalue weighted by Gasteiger charge is -2.44. The van der Waals surface area contributed by atoms with Crippen LogP contribution in [-0.4, -0.2) is 62.0 Å². The van der Waals surface area contributed by atoms with Crippen molar-refractivity contribution in [3.8, 4) is 0 Å². The molecule has 1 aliphatic carbocycles. The second kappa shape index (κ2) is 10.4. The van der Waals surface area contributed by atoms with Gasteiger partial charge in [-0.25, -0.2) is 9.59 Å². The zero-order valence-corrected chi connectivity index (χ0v) is 18.4. The highest BCUT2D eigenvalue weighted by molar-refractivity contribution is 5.82. The first-order valence-corrected chi connectivity index (χ1v) is 10.5. The Kier molecular flexibility index (Phi) is 7.64. The van der Waals surface area contributed by atoms with E-state index in [1.54, 1.807) is 24.3 Å². The van der Waals surface area contributed by atoms with Crippen LogP contribution in [0.5, 0.6) is 0 Å². The number of fused-ring (bicyclic) bond motifs is 2. The molecule has 0 radical (unpaired) electrons. The molecule has 4 unspecified atom stereocenters. The number of benzene rings is 1. The van der Waals surface area contributed by atoms with Gasteiger partial charge in [0.1, 0.15) is 12.2 Å². The average molecular weight is 462 g/mol. The van der Waals surface area contributed by atoms with Gasteiger partial charge in [0.05, 0.1) is 24.6 Å². The van der Waals surface area contributed by atoms with Crippen LogP contribution in [0.15, 0.2) is 36.4 Å². The molecule has 2 bridgehead atoms. The molecular weight excluding hydrogens is 436 g/mol. The molecule has 178 valence electrons. The van der Waals surface area contributed by atoms with Crippen LogP contribution >= 0.6 is 0 Å². The van der Waals surface area contributed by atoms with E-state index < -0.39 is 46.7 Å². The van der Waals surface area contributed by atoms with Crippen molar-refractivity contribution in [2.45, 2.75) is 44.0 Å². The Hall–Kier alpha value is -3.47. The molecular formula is C22H26N2O9. The van der Waals surface area contributed by atoms with Gasteiger partial charge < -0.3 is 24.3 Å². The minimum Gasteiger partial charge on any atom is -0.468 e. The number of rotatable bonds is 8. The summed E-state index contributed by atoms with van der Waals surface area (Å²) in [5, 5.41) is 13.3. The number of hydrogen-bond acceptors (Lipinski definition) is 9. The first-order valence-electron chi connectivity index (χ1n) is 10.5. The molecule has 1 aliphatic heterocycles. The summed E-state index contributed by atoms with van der Waals surface area (Å²) < 4.78 is 20.9. The number of aryl methyl sites for hydroxylation is 1. The van der Waals surface area contributed by atoms with Crippen molar-refractivity contribution in [3.63, 3.8) is 0 Å². The highest BCUT2D eigenvalue weighted by Crippen LogP contribution is 2.44. The highest BCUT2D eigenvalue weighted by Gasteiger charge is 2.53. The number of methoxy groups -OCH3 is 2. The van der Waals surface area contributed by atoms with E-state index in [1.165, 1.54) is 26.4 Å². The molecule has 0 spiro atoms. The Labute approximate surface area is 190 Å². The molecule has 1 fully saturated rings. The Morgan fingerprint density at radius 3 is 2.55 bits per heavy atom. The molecule has 1 aromatic carbocycles. The number of nitro benzene ring substituents is 1. The second-order valence-corrected chi connectivity index (χ2v) is 7.93. The minimum absolute atomic E-state index is 0.0246. The standard InChI is InChI=1S/C22H26N2O9/c1-30-19(25)18-13-22(20(26)31-2)10-9-16(17(12-22)32-18)33-21(27)23-11-3-4-14-5-7-15(8-6-14)24(28)29/h5-10,16-18H,3-4,11-13H2,1-2H3,(H,23,27). The van der Waals surface area contributed by atoms with Crippen molar-refractivity contribution in [1.29, 1.82) is 0 Å². The monoisotopic (exact) mass is 462 g/mol. The van der Waals surface area contributed by atoms with E-state index in [2.05, 4.69) is 5.32 Å². The fourth-order valence-corrected chi connectivity index (χ4v) is 4.07. The van der Waals surface area contributed by atoms with Gasteiger partial charge in [0, 0.05) is 25.1 Å². The summed E-state index contributed by atoms with van der Waals surface area (Å²) in [6, 6.07) is 6.23. The van der Waals surface area contributed by atoms with Crippen LogP contribution in [0, 0.1) is 15.5 Å². The number of non-ortho nitro benzene ring substituents is 1. The van der Waals surface area contributed by atoms with Gasteiger partial charge in [-0.2, -0.15) is 0 Å². The molecule has 0 aromatic heterocycles. The lowest BCUT2D eigenvalue weighted by atomic mass is 9.71. The summed E-state index contributed by atoms with van der Waals surface area (Å²) in [5.74, 6) is -1.10. The molecule has 0 saturated carbocycles. The van der Waals surface area contributed by atoms with E-state index in [4.69, 9.17) is 18.9 Å². The molecule has 3 rings (SSSR count). The fraction of sp³-hybridized carbons (Fsp3) is 0.500. The van der Waals surface area contributed by atoms with Gasteiger partial charge in [-0.05, 0) is 30.9 Å². The Balaban J connectivity index is 1.53. The van der Waals surface area contributed by atoms with Crippen LogP contribution in [0.2, 0.25) is 0 Å². The SMILES string of the molecule is COC(=O)C1CC2(C(=O)OC)C=CC(OC(=O)NCCCc3ccc([N+](=O)[O-])cc3)C(C2)O1. The number of nitrogens with zero attached hydrogens (tertiary/aromatic N) is 1. The van der Waals surface area contributed by atoms with Gasteiger partial charge in [0.15, 0.2) is 6.10 Å². The summed E-state index contributed by atoms with van der Waals surface area (Å²) in [6.07, 6.45) is 1.57. The number of esters is 2. The van der Waals surface area contributed by atoms with Crippen molar-refractivity contribution < 1.29 is 38.3 Å². The minimum atomic E-state index is -1.04. The summed E-state index contributed by atoms with van der Waals surface area (Å²) in [5.41, 5.74) is -0.108. The average Bonchev–Trinajstić information content (AvgIpc) is 2.82. The molecule has 2 aliphatic rings. The Bertz CT molecular complexity index is 930. The molecule has 1 amide bonds. The molecule has 4 atom stereocenters. The van der Waals surface area contributed by atoms with Gasteiger partial charge in [0.2, 0.25) is 0 Å². The van der Waals surface area contributed by atoms with E-state index in [0.29, 0.717) is 19.4 Å². The molecule has 11 nitrogen and oxygen atoms in total. The van der Waals surface area contributed by atoms with Crippen molar-refractivity contribution in [2.24, 2.45) is 5.41 Å². The van der Waals surface area contributed by atoms with Gasteiger partial charge in [0.25, 0.3) is 5.69 Å². The van der Waals surface area contributed by atoms with E-state index in [9.17, 15) is 24.5 Å². The zero-order valence-electron chi connectivity index (χ0n) is 18.4. The topological polar surface area (TPSA) is 143 Å². The maximum absolute atomic E-state index is 12.4. The number of hydrogen-bond donors (Lipinski definition) is 1. The zero-order chi connectivity index (χ0) is 24.0. The number of carbonyl (C=O) groups is 3. The summed E-state index contributed by atoms with van der Waals surface area (Å²) in [6.45, 7) is 0.328. The number of ether oxygens (including phenoxy) is 4. The van der Waals surface area contributed by atoms with Crippen LogP contribution < -0.4 is 5.32 Å².